The number of thiophene rings is 1. The van der Waals surface area contributed by atoms with Crippen LogP contribution in [0, 0.1) is 0 Å². The van der Waals surface area contributed by atoms with Crippen molar-refractivity contribution in [2.24, 2.45) is 0 Å². The van der Waals surface area contributed by atoms with Crippen LogP contribution < -0.4 is 5.73 Å². The summed E-state index contributed by atoms with van der Waals surface area (Å²) in [6, 6.07) is 5.60. The molecule has 1 aromatic heterocycles. The Labute approximate surface area is 80.0 Å². The summed E-state index contributed by atoms with van der Waals surface area (Å²) in [5.41, 5.74) is 7.06. The molecular formula is C10H10FNS. The Morgan fingerprint density at radius 3 is 2.92 bits per heavy atom. The van der Waals surface area contributed by atoms with E-state index in [0.29, 0.717) is 5.69 Å². The molecule has 2 N–H and O–H groups in total. The van der Waals surface area contributed by atoms with Gasteiger partial charge in [-0.2, -0.15) is 0 Å². The predicted octanol–water partition coefficient (Wildman–Crippen LogP) is 3.51. The Morgan fingerprint density at radius 1 is 1.46 bits per heavy atom. The highest BCUT2D eigenvalue weighted by Crippen LogP contribution is 2.32. The molecule has 0 saturated heterocycles. The van der Waals surface area contributed by atoms with Crippen molar-refractivity contribution in [3.05, 3.63) is 29.1 Å². The van der Waals surface area contributed by atoms with Gasteiger partial charge in [0.1, 0.15) is 6.17 Å². The second-order valence-electron chi connectivity index (χ2n) is 3.06. The molecule has 0 fully saturated rings. The molecule has 1 nitrogen and oxygen atoms in total. The first-order valence-corrected chi connectivity index (χ1v) is 4.97. The van der Waals surface area contributed by atoms with E-state index in [1.807, 2.05) is 23.6 Å². The first-order valence-electron chi connectivity index (χ1n) is 4.09. The number of nitrogens with two attached hydrogens (primary N) is 1. The van der Waals surface area contributed by atoms with Crippen LogP contribution in [0.1, 0.15) is 18.7 Å². The molecule has 3 heteroatoms. The zero-order chi connectivity index (χ0) is 9.42. The molecule has 1 heterocycles. The summed E-state index contributed by atoms with van der Waals surface area (Å²) in [5.74, 6) is 0. The maximum Gasteiger partial charge on any atom is 0.124 e. The maximum atomic E-state index is 13.1. The van der Waals surface area contributed by atoms with Gasteiger partial charge in [0.05, 0.1) is 0 Å². The molecule has 1 atom stereocenters. The van der Waals surface area contributed by atoms with Gasteiger partial charge in [-0.1, -0.05) is 0 Å². The van der Waals surface area contributed by atoms with E-state index in [2.05, 4.69) is 0 Å². The molecule has 0 amide bonds. The highest BCUT2D eigenvalue weighted by atomic mass is 32.1. The third kappa shape index (κ3) is 1.40. The van der Waals surface area contributed by atoms with E-state index in [-0.39, 0.29) is 0 Å². The smallest absolute Gasteiger partial charge is 0.124 e. The topological polar surface area (TPSA) is 26.0 Å². The van der Waals surface area contributed by atoms with Gasteiger partial charge in [0.25, 0.3) is 0 Å². The number of nitrogen functional groups attached to an aromatic ring is 1. The molecule has 0 saturated carbocycles. The standard InChI is InChI=1S/C10H10FNS/c1-6(11)9-5-13-10-3-2-7(12)4-8(9)10/h2-6H,12H2,1H3. The number of hydrogen-bond acceptors (Lipinski definition) is 2. The lowest BCUT2D eigenvalue weighted by atomic mass is 10.1. The van der Waals surface area contributed by atoms with Gasteiger partial charge in [-0.25, -0.2) is 4.39 Å². The second-order valence-corrected chi connectivity index (χ2v) is 3.97. The fourth-order valence-corrected chi connectivity index (χ4v) is 2.39. The summed E-state index contributed by atoms with van der Waals surface area (Å²) in [6.07, 6.45) is -0.921. The Morgan fingerprint density at radius 2 is 2.23 bits per heavy atom. The molecular weight excluding hydrogens is 185 g/mol. The second kappa shape index (κ2) is 3.00. The molecule has 0 bridgehead atoms. The molecule has 0 aliphatic heterocycles. The number of hydrogen-bond donors (Lipinski definition) is 1. The SMILES string of the molecule is CC(F)c1csc2ccc(N)cc12. The summed E-state index contributed by atoms with van der Waals surface area (Å²) in [6.45, 7) is 1.55. The lowest BCUT2D eigenvalue weighted by molar-refractivity contribution is 0.377. The zero-order valence-electron chi connectivity index (χ0n) is 7.25. The number of halogens is 1. The highest BCUT2D eigenvalue weighted by Gasteiger charge is 2.09. The van der Waals surface area contributed by atoms with Crippen LogP contribution in [0.2, 0.25) is 0 Å². The Balaban J connectivity index is 2.71. The lowest BCUT2D eigenvalue weighted by Gasteiger charge is -1.99. The van der Waals surface area contributed by atoms with Crippen LogP contribution in [-0.2, 0) is 0 Å². The first kappa shape index (κ1) is 8.51. The number of rotatable bonds is 1. The molecule has 0 aliphatic carbocycles. The molecule has 13 heavy (non-hydrogen) atoms. The van der Waals surface area contributed by atoms with Crippen molar-refractivity contribution in [2.45, 2.75) is 13.1 Å². The summed E-state index contributed by atoms with van der Waals surface area (Å²) in [7, 11) is 0. The molecule has 0 radical (unpaired) electrons. The largest absolute Gasteiger partial charge is 0.399 e. The van der Waals surface area contributed by atoms with Gasteiger partial charge >= 0.3 is 0 Å². The third-order valence-electron chi connectivity index (χ3n) is 2.06. The average molecular weight is 195 g/mol. The number of benzene rings is 1. The molecule has 2 aromatic rings. The van der Waals surface area contributed by atoms with Crippen molar-refractivity contribution in [3.63, 3.8) is 0 Å². The minimum atomic E-state index is -0.921. The van der Waals surface area contributed by atoms with Crippen molar-refractivity contribution < 1.29 is 4.39 Å². The maximum absolute atomic E-state index is 13.1. The normalized spacial score (nSPS) is 13.4. The number of fused-ring (bicyclic) bond motifs is 1. The lowest BCUT2D eigenvalue weighted by Crippen LogP contribution is -1.85. The Hall–Kier alpha value is -1.09. The van der Waals surface area contributed by atoms with Crippen molar-refractivity contribution in [1.29, 1.82) is 0 Å². The van der Waals surface area contributed by atoms with Crippen LogP contribution in [0.15, 0.2) is 23.6 Å². The molecule has 1 unspecified atom stereocenters. The van der Waals surface area contributed by atoms with Crippen LogP contribution in [0.3, 0.4) is 0 Å². The van der Waals surface area contributed by atoms with Crippen molar-refractivity contribution >= 4 is 27.1 Å². The van der Waals surface area contributed by atoms with E-state index in [1.165, 1.54) is 0 Å². The zero-order valence-corrected chi connectivity index (χ0v) is 8.07. The third-order valence-corrected chi connectivity index (χ3v) is 3.04. The molecule has 0 aliphatic rings. The van der Waals surface area contributed by atoms with Crippen LogP contribution in [-0.4, -0.2) is 0 Å². The quantitative estimate of drug-likeness (QED) is 0.692. The van der Waals surface area contributed by atoms with E-state index in [4.69, 9.17) is 5.73 Å². The molecule has 68 valence electrons. The van der Waals surface area contributed by atoms with E-state index in [9.17, 15) is 4.39 Å². The van der Waals surface area contributed by atoms with Crippen LogP contribution in [0.25, 0.3) is 10.1 Å². The summed E-state index contributed by atoms with van der Waals surface area (Å²) < 4.78 is 14.2. The fourth-order valence-electron chi connectivity index (χ4n) is 1.37. The van der Waals surface area contributed by atoms with E-state index < -0.39 is 6.17 Å². The monoisotopic (exact) mass is 195 g/mol. The minimum absolute atomic E-state index is 0.688. The predicted molar refractivity (Wildman–Crippen MR) is 55.8 cm³/mol. The van der Waals surface area contributed by atoms with Gasteiger partial charge in [0, 0.05) is 21.3 Å². The summed E-state index contributed by atoms with van der Waals surface area (Å²) in [5, 5.41) is 2.80. The van der Waals surface area contributed by atoms with Gasteiger partial charge in [-0.3, -0.25) is 0 Å². The molecule has 1 aromatic carbocycles. The number of alkyl halides is 1. The minimum Gasteiger partial charge on any atom is -0.399 e. The van der Waals surface area contributed by atoms with Crippen LogP contribution >= 0.6 is 11.3 Å². The Bertz CT molecular complexity index is 433. The van der Waals surface area contributed by atoms with Gasteiger partial charge in [0.15, 0.2) is 0 Å². The van der Waals surface area contributed by atoms with Crippen LogP contribution in [0.5, 0.6) is 0 Å². The first-order chi connectivity index (χ1) is 6.18. The average Bonchev–Trinajstić information content (AvgIpc) is 2.46. The van der Waals surface area contributed by atoms with Crippen molar-refractivity contribution in [3.8, 4) is 0 Å². The fraction of sp³-hybridized carbons (Fsp3) is 0.200. The van der Waals surface area contributed by atoms with E-state index >= 15 is 0 Å². The molecule has 0 spiro atoms. The van der Waals surface area contributed by atoms with Gasteiger partial charge in [-0.15, -0.1) is 11.3 Å². The van der Waals surface area contributed by atoms with Gasteiger partial charge in [0.2, 0.25) is 0 Å². The highest BCUT2D eigenvalue weighted by molar-refractivity contribution is 7.17. The van der Waals surface area contributed by atoms with E-state index in [0.717, 1.165) is 15.6 Å². The molecule has 2 rings (SSSR count). The summed E-state index contributed by atoms with van der Waals surface area (Å²) >= 11 is 1.56. The van der Waals surface area contributed by atoms with Crippen molar-refractivity contribution in [1.82, 2.24) is 0 Å². The summed E-state index contributed by atoms with van der Waals surface area (Å²) in [4.78, 5) is 0. The number of anilines is 1. The van der Waals surface area contributed by atoms with Gasteiger partial charge in [-0.05, 0) is 30.5 Å². The Kier molecular flexibility index (Phi) is 1.96. The van der Waals surface area contributed by atoms with Crippen molar-refractivity contribution in [2.75, 3.05) is 5.73 Å². The van der Waals surface area contributed by atoms with E-state index in [1.54, 1.807) is 18.3 Å². The van der Waals surface area contributed by atoms with Crippen LogP contribution in [0.4, 0.5) is 10.1 Å². The van der Waals surface area contributed by atoms with Gasteiger partial charge < -0.3 is 5.73 Å².